The number of hydrogen-bond acceptors (Lipinski definition) is 2. The van der Waals surface area contributed by atoms with Gasteiger partial charge in [-0.3, -0.25) is 0 Å². The molecule has 0 aliphatic carbocycles. The fraction of sp³-hybridized carbons (Fsp3) is 0.0833. The van der Waals surface area contributed by atoms with Gasteiger partial charge in [-0.1, -0.05) is 53.0 Å². The molecule has 0 radical (unpaired) electrons. The molecule has 2 aromatic heterocycles. The van der Waals surface area contributed by atoms with Gasteiger partial charge in [-0.2, -0.15) is 0 Å². The highest BCUT2D eigenvalue weighted by molar-refractivity contribution is 6.66. The molecular formula is C12H7Cl3N2O. The molecule has 3 rings (SSSR count). The number of furan rings is 1. The molecule has 0 fully saturated rings. The van der Waals surface area contributed by atoms with Crippen molar-refractivity contribution in [2.75, 3.05) is 0 Å². The van der Waals surface area contributed by atoms with E-state index in [0.717, 1.165) is 11.0 Å². The Labute approximate surface area is 118 Å². The zero-order chi connectivity index (χ0) is 12.8. The molecule has 3 aromatic rings. The van der Waals surface area contributed by atoms with E-state index in [9.17, 15) is 0 Å². The molecule has 0 saturated heterocycles. The van der Waals surface area contributed by atoms with Gasteiger partial charge in [-0.25, -0.2) is 4.98 Å². The number of aromatic nitrogens is 2. The molecule has 18 heavy (non-hydrogen) atoms. The number of benzene rings is 1. The van der Waals surface area contributed by atoms with Gasteiger partial charge in [0.15, 0.2) is 11.6 Å². The standard InChI is InChI=1S/C12H7Cl3N2O/c13-12(14,15)11-16-6-8(17-11)10-5-7-3-1-2-4-9(7)18-10/h1-6H,(H,16,17). The lowest BCUT2D eigenvalue weighted by atomic mass is 10.2. The highest BCUT2D eigenvalue weighted by Crippen LogP contribution is 2.37. The zero-order valence-corrected chi connectivity index (χ0v) is 11.2. The van der Waals surface area contributed by atoms with Crippen LogP contribution in [0.15, 0.2) is 40.9 Å². The molecule has 0 aliphatic rings. The van der Waals surface area contributed by atoms with E-state index in [1.54, 1.807) is 6.20 Å². The minimum atomic E-state index is -1.57. The van der Waals surface area contributed by atoms with Crippen molar-refractivity contribution in [1.82, 2.24) is 9.97 Å². The molecule has 0 unspecified atom stereocenters. The maximum absolute atomic E-state index is 5.74. The van der Waals surface area contributed by atoms with E-state index in [0.29, 0.717) is 11.5 Å². The van der Waals surface area contributed by atoms with E-state index in [1.807, 2.05) is 30.3 Å². The molecule has 1 aromatic carbocycles. The lowest BCUT2D eigenvalue weighted by molar-refractivity contribution is 0.629. The van der Waals surface area contributed by atoms with Gasteiger partial charge in [0.05, 0.1) is 6.20 Å². The Morgan fingerprint density at radius 2 is 1.94 bits per heavy atom. The van der Waals surface area contributed by atoms with Crippen LogP contribution in [0.4, 0.5) is 0 Å². The van der Waals surface area contributed by atoms with Crippen molar-refractivity contribution in [2.24, 2.45) is 0 Å². The summed E-state index contributed by atoms with van der Waals surface area (Å²) in [5.41, 5.74) is 1.48. The fourth-order valence-corrected chi connectivity index (χ4v) is 1.99. The Hall–Kier alpha value is -1.16. The molecule has 2 heterocycles. The summed E-state index contributed by atoms with van der Waals surface area (Å²) < 4.78 is 4.11. The first kappa shape index (κ1) is 11.9. The molecule has 1 N–H and O–H groups in total. The molecular weight excluding hydrogens is 295 g/mol. The van der Waals surface area contributed by atoms with Gasteiger partial charge in [0.25, 0.3) is 0 Å². The number of rotatable bonds is 1. The van der Waals surface area contributed by atoms with Gasteiger partial charge >= 0.3 is 0 Å². The zero-order valence-electron chi connectivity index (χ0n) is 8.95. The fourth-order valence-electron chi connectivity index (χ4n) is 1.71. The van der Waals surface area contributed by atoms with E-state index in [-0.39, 0.29) is 5.82 Å². The topological polar surface area (TPSA) is 41.8 Å². The van der Waals surface area contributed by atoms with Crippen LogP contribution >= 0.6 is 34.8 Å². The molecule has 92 valence electrons. The van der Waals surface area contributed by atoms with Crippen LogP contribution in [0.2, 0.25) is 0 Å². The van der Waals surface area contributed by atoms with Gasteiger partial charge < -0.3 is 9.40 Å². The summed E-state index contributed by atoms with van der Waals surface area (Å²) in [6.07, 6.45) is 1.58. The first-order valence-electron chi connectivity index (χ1n) is 5.15. The summed E-state index contributed by atoms with van der Waals surface area (Å²) in [5.74, 6) is 0.923. The summed E-state index contributed by atoms with van der Waals surface area (Å²) in [5, 5.41) is 1.01. The van der Waals surface area contributed by atoms with Crippen LogP contribution in [0.5, 0.6) is 0 Å². The van der Waals surface area contributed by atoms with Gasteiger partial charge in [0.2, 0.25) is 3.79 Å². The Balaban J connectivity index is 2.06. The molecule has 0 spiro atoms. The summed E-state index contributed by atoms with van der Waals surface area (Å²) in [4.78, 5) is 6.95. The summed E-state index contributed by atoms with van der Waals surface area (Å²) in [6, 6.07) is 9.63. The van der Waals surface area contributed by atoms with Crippen molar-refractivity contribution in [3.05, 3.63) is 42.4 Å². The maximum Gasteiger partial charge on any atom is 0.248 e. The van der Waals surface area contributed by atoms with Crippen molar-refractivity contribution in [3.63, 3.8) is 0 Å². The van der Waals surface area contributed by atoms with Crippen LogP contribution in [-0.4, -0.2) is 9.97 Å². The van der Waals surface area contributed by atoms with Crippen LogP contribution in [0.25, 0.3) is 22.4 Å². The Bertz CT molecular complexity index is 663. The number of nitrogens with one attached hydrogen (secondary N) is 1. The van der Waals surface area contributed by atoms with E-state index < -0.39 is 3.79 Å². The average Bonchev–Trinajstić information content (AvgIpc) is 2.94. The first-order chi connectivity index (χ1) is 8.54. The average molecular weight is 302 g/mol. The lowest BCUT2D eigenvalue weighted by Gasteiger charge is -2.05. The number of aromatic amines is 1. The van der Waals surface area contributed by atoms with Gasteiger partial charge in [-0.05, 0) is 12.1 Å². The van der Waals surface area contributed by atoms with Crippen LogP contribution < -0.4 is 0 Å². The summed E-state index contributed by atoms with van der Waals surface area (Å²) in [7, 11) is 0. The van der Waals surface area contributed by atoms with Crippen molar-refractivity contribution < 1.29 is 4.42 Å². The van der Waals surface area contributed by atoms with Crippen LogP contribution in [0, 0.1) is 0 Å². The number of para-hydroxylation sites is 1. The number of imidazole rings is 1. The van der Waals surface area contributed by atoms with E-state index in [1.165, 1.54) is 0 Å². The van der Waals surface area contributed by atoms with Gasteiger partial charge in [-0.15, -0.1) is 0 Å². The Morgan fingerprint density at radius 1 is 1.17 bits per heavy atom. The minimum absolute atomic E-state index is 0.267. The van der Waals surface area contributed by atoms with Gasteiger partial charge in [0, 0.05) is 5.39 Å². The Morgan fingerprint density at radius 3 is 2.61 bits per heavy atom. The molecule has 0 bridgehead atoms. The smallest absolute Gasteiger partial charge is 0.248 e. The van der Waals surface area contributed by atoms with Crippen LogP contribution in [-0.2, 0) is 3.79 Å². The van der Waals surface area contributed by atoms with Crippen LogP contribution in [0.1, 0.15) is 5.82 Å². The number of alkyl halides is 3. The predicted molar refractivity (Wildman–Crippen MR) is 73.0 cm³/mol. The van der Waals surface area contributed by atoms with Gasteiger partial charge in [0.1, 0.15) is 11.3 Å². The van der Waals surface area contributed by atoms with Crippen molar-refractivity contribution in [3.8, 4) is 11.5 Å². The molecule has 0 aliphatic heterocycles. The van der Waals surface area contributed by atoms with Crippen molar-refractivity contribution in [1.29, 1.82) is 0 Å². The second kappa shape index (κ2) is 4.19. The first-order valence-corrected chi connectivity index (χ1v) is 6.28. The second-order valence-electron chi connectivity index (χ2n) is 3.79. The summed E-state index contributed by atoms with van der Waals surface area (Å²) >= 11 is 17.2. The van der Waals surface area contributed by atoms with E-state index in [2.05, 4.69) is 9.97 Å². The number of halogens is 3. The highest BCUT2D eigenvalue weighted by Gasteiger charge is 2.27. The number of H-pyrrole nitrogens is 1. The molecule has 0 saturated carbocycles. The molecule has 0 atom stereocenters. The van der Waals surface area contributed by atoms with E-state index >= 15 is 0 Å². The monoisotopic (exact) mass is 300 g/mol. The third-order valence-corrected chi connectivity index (χ3v) is 3.07. The third-order valence-electron chi connectivity index (χ3n) is 2.54. The number of hydrogen-bond donors (Lipinski definition) is 1. The molecule has 6 heteroatoms. The highest BCUT2D eigenvalue weighted by atomic mass is 35.6. The normalized spacial score (nSPS) is 12.2. The molecule has 3 nitrogen and oxygen atoms in total. The largest absolute Gasteiger partial charge is 0.454 e. The number of fused-ring (bicyclic) bond motifs is 1. The van der Waals surface area contributed by atoms with Crippen LogP contribution in [0.3, 0.4) is 0 Å². The number of nitrogens with zero attached hydrogens (tertiary/aromatic N) is 1. The third kappa shape index (κ3) is 2.09. The van der Waals surface area contributed by atoms with E-state index in [4.69, 9.17) is 39.2 Å². The molecule has 0 amide bonds. The lowest BCUT2D eigenvalue weighted by Crippen LogP contribution is -2.02. The minimum Gasteiger partial charge on any atom is -0.454 e. The van der Waals surface area contributed by atoms with Crippen molar-refractivity contribution in [2.45, 2.75) is 3.79 Å². The maximum atomic E-state index is 5.74. The quantitative estimate of drug-likeness (QED) is 0.665. The Kier molecular flexibility index (Phi) is 2.77. The second-order valence-corrected chi connectivity index (χ2v) is 6.07. The predicted octanol–water partition coefficient (Wildman–Crippen LogP) is 4.65. The summed E-state index contributed by atoms with van der Waals surface area (Å²) in [6.45, 7) is 0. The SMILES string of the molecule is ClC(Cl)(Cl)c1ncc(-c2cc3ccccc3o2)[nH]1. The van der Waals surface area contributed by atoms with Crippen molar-refractivity contribution >= 4 is 45.8 Å².